The highest BCUT2D eigenvalue weighted by Crippen LogP contribution is 2.64. The van der Waals surface area contributed by atoms with Gasteiger partial charge >= 0.3 is 0 Å². The standard InChI is InChI=1S/C18H23NO4S/c1-12(20)13-4-6-15(7-5-13)19-24(22,23)11-18-9-8-14(10-16(18)21)17(18,2)3/h4-7,14,19H,8-11H2,1-3H3/t14-,18+/m0/s1. The summed E-state index contributed by atoms with van der Waals surface area (Å²) < 4.78 is 27.9. The quantitative estimate of drug-likeness (QED) is 0.829. The van der Waals surface area contributed by atoms with Gasteiger partial charge in [0.1, 0.15) is 5.78 Å². The number of hydrogen-bond acceptors (Lipinski definition) is 4. The number of sulfonamides is 1. The molecule has 2 fully saturated rings. The molecular weight excluding hydrogens is 326 g/mol. The van der Waals surface area contributed by atoms with Crippen LogP contribution < -0.4 is 4.72 Å². The molecule has 0 radical (unpaired) electrons. The Hall–Kier alpha value is -1.69. The van der Waals surface area contributed by atoms with Gasteiger partial charge < -0.3 is 0 Å². The van der Waals surface area contributed by atoms with E-state index in [9.17, 15) is 18.0 Å². The third-order valence-electron chi connectivity index (χ3n) is 6.14. The summed E-state index contributed by atoms with van der Waals surface area (Å²) in [4.78, 5) is 23.8. The van der Waals surface area contributed by atoms with Gasteiger partial charge in [0.15, 0.2) is 5.78 Å². The predicted molar refractivity (Wildman–Crippen MR) is 92.4 cm³/mol. The van der Waals surface area contributed by atoms with E-state index in [-0.39, 0.29) is 28.7 Å². The number of Topliss-reactive ketones (excluding diaryl/α,β-unsaturated/α-hetero) is 2. The molecule has 2 atom stereocenters. The second-order valence-corrected chi connectivity index (χ2v) is 9.38. The molecule has 0 aliphatic heterocycles. The summed E-state index contributed by atoms with van der Waals surface area (Å²) in [7, 11) is -3.65. The van der Waals surface area contributed by atoms with Crippen LogP contribution in [0, 0.1) is 16.7 Å². The second kappa shape index (κ2) is 5.41. The number of ketones is 2. The SMILES string of the molecule is CC(=O)c1ccc(NS(=O)(=O)C[C@]23CC[C@@H](CC2=O)C3(C)C)cc1. The Kier molecular flexibility index (Phi) is 3.86. The van der Waals surface area contributed by atoms with E-state index in [1.807, 2.05) is 13.8 Å². The van der Waals surface area contributed by atoms with Crippen molar-refractivity contribution in [3.05, 3.63) is 29.8 Å². The first kappa shape index (κ1) is 17.1. The zero-order valence-electron chi connectivity index (χ0n) is 14.3. The summed E-state index contributed by atoms with van der Waals surface area (Å²) in [6, 6.07) is 6.33. The Balaban J connectivity index is 1.81. The van der Waals surface area contributed by atoms with Gasteiger partial charge in [-0.1, -0.05) is 13.8 Å². The molecular formula is C18H23NO4S. The van der Waals surface area contributed by atoms with Gasteiger partial charge in [0.25, 0.3) is 0 Å². The van der Waals surface area contributed by atoms with Gasteiger partial charge in [-0.3, -0.25) is 14.3 Å². The van der Waals surface area contributed by atoms with Crippen LogP contribution in [0.5, 0.6) is 0 Å². The van der Waals surface area contributed by atoms with E-state index < -0.39 is 15.4 Å². The van der Waals surface area contributed by atoms with E-state index in [4.69, 9.17) is 0 Å². The van der Waals surface area contributed by atoms with Crippen LogP contribution in [-0.4, -0.2) is 25.7 Å². The first-order chi connectivity index (χ1) is 11.1. The molecule has 2 aliphatic rings. The third kappa shape index (κ3) is 2.57. The monoisotopic (exact) mass is 349 g/mol. The molecule has 0 unspecified atom stereocenters. The minimum atomic E-state index is -3.65. The van der Waals surface area contributed by atoms with E-state index in [2.05, 4.69) is 4.72 Å². The average Bonchev–Trinajstić information content (AvgIpc) is 2.81. The summed E-state index contributed by atoms with van der Waals surface area (Å²) in [6.45, 7) is 5.50. The third-order valence-corrected chi connectivity index (χ3v) is 7.56. The van der Waals surface area contributed by atoms with Crippen LogP contribution in [0.25, 0.3) is 0 Å². The fourth-order valence-electron chi connectivity index (χ4n) is 4.42. The van der Waals surface area contributed by atoms with Crippen LogP contribution in [0.3, 0.4) is 0 Å². The number of fused-ring (bicyclic) bond motifs is 2. The van der Waals surface area contributed by atoms with Crippen molar-refractivity contribution in [2.24, 2.45) is 16.7 Å². The van der Waals surface area contributed by atoms with Crippen LogP contribution in [0.4, 0.5) is 5.69 Å². The summed E-state index contributed by atoms with van der Waals surface area (Å²) in [5.41, 5.74) is -0.114. The molecule has 24 heavy (non-hydrogen) atoms. The van der Waals surface area contributed by atoms with E-state index in [0.717, 1.165) is 6.42 Å². The highest BCUT2D eigenvalue weighted by atomic mass is 32.2. The summed E-state index contributed by atoms with van der Waals surface area (Å²) in [6.07, 6.45) is 2.06. The summed E-state index contributed by atoms with van der Waals surface area (Å²) in [5, 5.41) is 0. The van der Waals surface area contributed by atoms with Crippen LogP contribution >= 0.6 is 0 Å². The molecule has 2 aliphatic carbocycles. The van der Waals surface area contributed by atoms with Gasteiger partial charge in [-0.2, -0.15) is 0 Å². The zero-order chi connectivity index (χ0) is 17.8. The van der Waals surface area contributed by atoms with E-state index >= 15 is 0 Å². The van der Waals surface area contributed by atoms with Crippen molar-refractivity contribution in [2.75, 3.05) is 10.5 Å². The van der Waals surface area contributed by atoms with Crippen LogP contribution in [0.1, 0.15) is 50.4 Å². The van der Waals surface area contributed by atoms with Gasteiger partial charge in [-0.05, 0) is 55.4 Å². The lowest BCUT2D eigenvalue weighted by Crippen LogP contribution is -2.43. The van der Waals surface area contributed by atoms with Crippen molar-refractivity contribution in [2.45, 2.75) is 40.0 Å². The molecule has 6 heteroatoms. The number of nitrogens with one attached hydrogen (secondary N) is 1. The molecule has 0 saturated heterocycles. The molecule has 0 heterocycles. The van der Waals surface area contributed by atoms with Crippen LogP contribution in [0.2, 0.25) is 0 Å². The lowest BCUT2D eigenvalue weighted by Gasteiger charge is -2.36. The van der Waals surface area contributed by atoms with Gasteiger partial charge in [0, 0.05) is 17.7 Å². The number of hydrogen-bond donors (Lipinski definition) is 1. The predicted octanol–water partition coefficient (Wildman–Crippen LogP) is 3.03. The van der Waals surface area contributed by atoms with Gasteiger partial charge in [-0.25, -0.2) is 8.42 Å². The lowest BCUT2D eigenvalue weighted by atomic mass is 9.70. The first-order valence-corrected chi connectivity index (χ1v) is 9.87. The molecule has 5 nitrogen and oxygen atoms in total. The molecule has 130 valence electrons. The molecule has 0 spiro atoms. The minimum Gasteiger partial charge on any atom is -0.299 e. The molecule has 1 N–H and O–H groups in total. The van der Waals surface area contributed by atoms with Crippen molar-refractivity contribution >= 4 is 27.3 Å². The van der Waals surface area contributed by atoms with Crippen molar-refractivity contribution in [1.29, 1.82) is 0 Å². The smallest absolute Gasteiger partial charge is 0.233 e. The maximum Gasteiger partial charge on any atom is 0.233 e. The summed E-state index contributed by atoms with van der Waals surface area (Å²) >= 11 is 0. The van der Waals surface area contributed by atoms with Crippen molar-refractivity contribution in [3.8, 4) is 0 Å². The normalized spacial score (nSPS) is 28.1. The second-order valence-electron chi connectivity index (χ2n) is 7.66. The van der Waals surface area contributed by atoms with E-state index in [1.165, 1.54) is 6.92 Å². The highest BCUT2D eigenvalue weighted by Gasteiger charge is 2.65. The van der Waals surface area contributed by atoms with E-state index in [1.54, 1.807) is 24.3 Å². The Morgan fingerprint density at radius 3 is 2.33 bits per heavy atom. The number of rotatable bonds is 5. The fourth-order valence-corrected chi connectivity index (χ4v) is 6.31. The highest BCUT2D eigenvalue weighted by molar-refractivity contribution is 7.92. The van der Waals surface area contributed by atoms with Crippen LogP contribution in [-0.2, 0) is 14.8 Å². The molecule has 2 bridgehead atoms. The number of benzene rings is 1. The van der Waals surface area contributed by atoms with Gasteiger partial charge in [0.2, 0.25) is 10.0 Å². The van der Waals surface area contributed by atoms with Crippen molar-refractivity contribution in [3.63, 3.8) is 0 Å². The molecule has 0 amide bonds. The topological polar surface area (TPSA) is 80.3 Å². The maximum absolute atomic E-state index is 12.7. The van der Waals surface area contributed by atoms with Gasteiger partial charge in [0.05, 0.1) is 11.2 Å². The Bertz CT molecular complexity index is 795. The number of carbonyl (C=O) groups excluding carboxylic acids is 2. The molecule has 1 aromatic carbocycles. The molecule has 2 saturated carbocycles. The van der Waals surface area contributed by atoms with Crippen LogP contribution in [0.15, 0.2) is 24.3 Å². The van der Waals surface area contributed by atoms with Gasteiger partial charge in [-0.15, -0.1) is 0 Å². The molecule has 0 aromatic heterocycles. The van der Waals surface area contributed by atoms with E-state index in [0.29, 0.717) is 24.1 Å². The molecule has 1 aromatic rings. The Labute approximate surface area is 142 Å². The molecule has 3 rings (SSSR count). The minimum absolute atomic E-state index is 0.0707. The fraction of sp³-hybridized carbons (Fsp3) is 0.556. The number of carbonyl (C=O) groups is 2. The average molecular weight is 349 g/mol. The number of anilines is 1. The van der Waals surface area contributed by atoms with Crippen molar-refractivity contribution < 1.29 is 18.0 Å². The Morgan fingerprint density at radius 2 is 1.88 bits per heavy atom. The first-order valence-electron chi connectivity index (χ1n) is 8.22. The maximum atomic E-state index is 12.7. The van der Waals surface area contributed by atoms with Crippen molar-refractivity contribution in [1.82, 2.24) is 0 Å². The Morgan fingerprint density at radius 1 is 1.25 bits per heavy atom. The largest absolute Gasteiger partial charge is 0.299 e. The zero-order valence-corrected chi connectivity index (χ0v) is 15.1. The lowest BCUT2D eigenvalue weighted by molar-refractivity contribution is -0.128. The summed E-state index contributed by atoms with van der Waals surface area (Å²) in [5.74, 6) is 0.131.